The third kappa shape index (κ3) is 6.36. The molecule has 0 unspecified atom stereocenters. The number of hydrogen-bond acceptors (Lipinski definition) is 5. The molecule has 0 aliphatic carbocycles. The van der Waals surface area contributed by atoms with Crippen LogP contribution < -0.4 is 9.46 Å². The van der Waals surface area contributed by atoms with Crippen LogP contribution in [0.4, 0.5) is 13.2 Å². The molecule has 0 saturated carbocycles. The summed E-state index contributed by atoms with van der Waals surface area (Å²) >= 11 is 0. The highest BCUT2D eigenvalue weighted by molar-refractivity contribution is 7.89. The van der Waals surface area contributed by atoms with Crippen molar-refractivity contribution in [2.75, 3.05) is 7.11 Å². The number of carbonyl (C=O) groups excluding carboxylic acids is 1. The monoisotopic (exact) mass is 369 g/mol. The number of hydrogen-bond donors (Lipinski definition) is 1. The van der Waals surface area contributed by atoms with Gasteiger partial charge in [0.15, 0.2) is 0 Å². The van der Waals surface area contributed by atoms with Crippen molar-refractivity contribution in [2.45, 2.75) is 37.6 Å². The number of sulfonamides is 1. The van der Waals surface area contributed by atoms with E-state index in [1.54, 1.807) is 13.8 Å². The molecule has 6 nitrogen and oxygen atoms in total. The highest BCUT2D eigenvalue weighted by Crippen LogP contribution is 2.24. The van der Waals surface area contributed by atoms with Crippen LogP contribution in [-0.2, 0) is 19.6 Å². The molecule has 24 heavy (non-hydrogen) atoms. The largest absolute Gasteiger partial charge is 0.573 e. The molecule has 0 saturated heterocycles. The summed E-state index contributed by atoms with van der Waals surface area (Å²) < 4.78 is 71.2. The summed E-state index contributed by atoms with van der Waals surface area (Å²) in [5.74, 6) is -1.28. The SMILES string of the molecule is COC(=O)[C@@H](CC(C)C)NS(=O)(=O)c1ccc(OC(F)(F)F)cc1. The minimum Gasteiger partial charge on any atom is -0.468 e. The number of carbonyl (C=O) groups is 1. The van der Waals surface area contributed by atoms with Crippen LogP contribution >= 0.6 is 0 Å². The molecule has 0 heterocycles. The molecule has 0 spiro atoms. The van der Waals surface area contributed by atoms with Crippen LogP contribution in [0.1, 0.15) is 20.3 Å². The lowest BCUT2D eigenvalue weighted by atomic mass is 10.1. The maximum atomic E-state index is 12.3. The minimum atomic E-state index is -4.87. The molecule has 0 aliphatic rings. The van der Waals surface area contributed by atoms with E-state index < -0.39 is 34.1 Å². The van der Waals surface area contributed by atoms with Gasteiger partial charge in [0.1, 0.15) is 11.8 Å². The first-order valence-corrected chi connectivity index (χ1v) is 8.39. The molecular weight excluding hydrogens is 351 g/mol. The number of halogens is 3. The third-order valence-corrected chi connectivity index (χ3v) is 4.35. The van der Waals surface area contributed by atoms with Gasteiger partial charge >= 0.3 is 12.3 Å². The Morgan fingerprint density at radius 2 is 1.75 bits per heavy atom. The van der Waals surface area contributed by atoms with Crippen LogP contribution in [0, 0.1) is 5.92 Å². The maximum Gasteiger partial charge on any atom is 0.573 e. The van der Waals surface area contributed by atoms with Crippen LogP contribution in [0.2, 0.25) is 0 Å². The van der Waals surface area contributed by atoms with Gasteiger partial charge in [-0.25, -0.2) is 8.42 Å². The average molecular weight is 369 g/mol. The Hall–Kier alpha value is -1.81. The third-order valence-electron chi connectivity index (χ3n) is 2.86. The van der Waals surface area contributed by atoms with E-state index in [2.05, 4.69) is 14.2 Å². The van der Waals surface area contributed by atoms with E-state index in [1.165, 1.54) is 0 Å². The topological polar surface area (TPSA) is 81.7 Å². The van der Waals surface area contributed by atoms with Gasteiger partial charge in [0, 0.05) is 0 Å². The smallest absolute Gasteiger partial charge is 0.468 e. The molecule has 1 N–H and O–H groups in total. The van der Waals surface area contributed by atoms with Crippen molar-refractivity contribution in [3.05, 3.63) is 24.3 Å². The second kappa shape index (κ2) is 7.84. The van der Waals surface area contributed by atoms with E-state index in [0.717, 1.165) is 31.4 Å². The predicted molar refractivity (Wildman–Crippen MR) is 78.7 cm³/mol. The second-order valence-electron chi connectivity index (χ2n) is 5.35. The normalized spacial score (nSPS) is 13.6. The molecule has 10 heteroatoms. The number of benzene rings is 1. The number of methoxy groups -OCH3 is 1. The second-order valence-corrected chi connectivity index (χ2v) is 7.06. The summed E-state index contributed by atoms with van der Waals surface area (Å²) in [5.41, 5.74) is 0. The van der Waals surface area contributed by atoms with Gasteiger partial charge in [-0.15, -0.1) is 13.2 Å². The first-order valence-electron chi connectivity index (χ1n) is 6.90. The predicted octanol–water partition coefficient (Wildman–Crippen LogP) is 2.45. The van der Waals surface area contributed by atoms with Crippen LogP contribution in [0.5, 0.6) is 5.75 Å². The van der Waals surface area contributed by atoms with Crippen LogP contribution in [-0.4, -0.2) is 33.9 Å². The van der Waals surface area contributed by atoms with E-state index in [-0.39, 0.29) is 17.2 Å². The molecule has 0 bridgehead atoms. The van der Waals surface area contributed by atoms with Gasteiger partial charge in [-0.3, -0.25) is 4.79 Å². The lowest BCUT2D eigenvalue weighted by Crippen LogP contribution is -2.42. The highest BCUT2D eigenvalue weighted by atomic mass is 32.2. The van der Waals surface area contributed by atoms with E-state index in [9.17, 15) is 26.4 Å². The fraction of sp³-hybridized carbons (Fsp3) is 0.500. The average Bonchev–Trinajstić information content (AvgIpc) is 2.43. The highest BCUT2D eigenvalue weighted by Gasteiger charge is 2.31. The minimum absolute atomic E-state index is 0.0133. The van der Waals surface area contributed by atoms with Gasteiger partial charge in [-0.05, 0) is 36.6 Å². The maximum absolute atomic E-state index is 12.3. The number of rotatable bonds is 7. The van der Waals surface area contributed by atoms with Crippen molar-refractivity contribution in [2.24, 2.45) is 5.92 Å². The standard InChI is InChI=1S/C14H18F3NO5S/c1-9(2)8-12(13(19)22-3)18-24(20,21)11-6-4-10(5-7-11)23-14(15,16)17/h4-7,9,12,18H,8H2,1-3H3/t12-/m1/s1. The zero-order valence-corrected chi connectivity index (χ0v) is 14.1. The Morgan fingerprint density at radius 3 is 2.17 bits per heavy atom. The van der Waals surface area contributed by atoms with E-state index >= 15 is 0 Å². The zero-order valence-electron chi connectivity index (χ0n) is 13.3. The van der Waals surface area contributed by atoms with Crippen molar-refractivity contribution in [1.82, 2.24) is 4.72 Å². The van der Waals surface area contributed by atoms with Crippen molar-refractivity contribution < 1.29 is 35.9 Å². The fourth-order valence-corrected chi connectivity index (χ4v) is 3.08. The number of esters is 1. The lowest BCUT2D eigenvalue weighted by molar-refractivity contribution is -0.274. The molecule has 1 aromatic rings. The molecule has 0 radical (unpaired) electrons. The molecule has 0 aromatic heterocycles. The van der Waals surface area contributed by atoms with Crippen LogP contribution in [0.3, 0.4) is 0 Å². The Morgan fingerprint density at radius 1 is 1.21 bits per heavy atom. The molecular formula is C14H18F3NO5S. The van der Waals surface area contributed by atoms with Gasteiger partial charge in [0.2, 0.25) is 10.0 Å². The summed E-state index contributed by atoms with van der Waals surface area (Å²) in [7, 11) is -2.98. The molecule has 0 fully saturated rings. The lowest BCUT2D eigenvalue weighted by Gasteiger charge is -2.18. The molecule has 1 rings (SSSR count). The summed E-state index contributed by atoms with van der Waals surface area (Å²) in [6.07, 6.45) is -4.66. The Balaban J connectivity index is 2.95. The molecule has 0 aliphatic heterocycles. The molecule has 0 amide bonds. The van der Waals surface area contributed by atoms with Gasteiger partial charge in [-0.1, -0.05) is 13.8 Å². The van der Waals surface area contributed by atoms with Crippen molar-refractivity contribution in [3.63, 3.8) is 0 Å². The molecule has 136 valence electrons. The molecule has 1 aromatic carbocycles. The van der Waals surface area contributed by atoms with Crippen molar-refractivity contribution >= 4 is 16.0 Å². The first-order chi connectivity index (χ1) is 10.9. The molecule has 1 atom stereocenters. The van der Waals surface area contributed by atoms with Gasteiger partial charge in [0.05, 0.1) is 12.0 Å². The summed E-state index contributed by atoms with van der Waals surface area (Å²) in [6.45, 7) is 3.60. The van der Waals surface area contributed by atoms with Crippen molar-refractivity contribution in [3.8, 4) is 5.75 Å². The first kappa shape index (κ1) is 20.2. The number of nitrogens with one attached hydrogen (secondary N) is 1. The zero-order chi connectivity index (χ0) is 18.5. The summed E-state index contributed by atoms with van der Waals surface area (Å²) in [5, 5.41) is 0. The fourth-order valence-electron chi connectivity index (χ4n) is 1.88. The van der Waals surface area contributed by atoms with Crippen LogP contribution in [0.15, 0.2) is 29.2 Å². The summed E-state index contributed by atoms with van der Waals surface area (Å²) in [4.78, 5) is 11.4. The van der Waals surface area contributed by atoms with Crippen LogP contribution in [0.25, 0.3) is 0 Å². The number of alkyl halides is 3. The Labute approximate surface area is 138 Å². The van der Waals surface area contributed by atoms with Gasteiger partial charge in [0.25, 0.3) is 0 Å². The number of ether oxygens (including phenoxy) is 2. The Kier molecular flexibility index (Phi) is 6.61. The quantitative estimate of drug-likeness (QED) is 0.747. The van der Waals surface area contributed by atoms with Crippen molar-refractivity contribution in [1.29, 1.82) is 0 Å². The van der Waals surface area contributed by atoms with Gasteiger partial charge in [-0.2, -0.15) is 4.72 Å². The van der Waals surface area contributed by atoms with E-state index in [0.29, 0.717) is 0 Å². The summed E-state index contributed by atoms with van der Waals surface area (Å²) in [6, 6.07) is 2.56. The Bertz CT molecular complexity index is 656. The van der Waals surface area contributed by atoms with E-state index in [4.69, 9.17) is 0 Å². The van der Waals surface area contributed by atoms with E-state index in [1.807, 2.05) is 0 Å². The van der Waals surface area contributed by atoms with Gasteiger partial charge < -0.3 is 9.47 Å².